The van der Waals surface area contributed by atoms with Gasteiger partial charge in [0.2, 0.25) is 0 Å². The lowest BCUT2D eigenvalue weighted by molar-refractivity contribution is -0.384. The average Bonchev–Trinajstić information content (AvgIpc) is 2.68. The van der Waals surface area contributed by atoms with E-state index in [1.165, 1.54) is 12.0 Å². The van der Waals surface area contributed by atoms with Gasteiger partial charge in [-0.3, -0.25) is 10.1 Å². The van der Waals surface area contributed by atoms with Crippen LogP contribution in [0.15, 0.2) is 36.4 Å². The van der Waals surface area contributed by atoms with Crippen LogP contribution in [0.4, 0.5) is 16.2 Å². The van der Waals surface area contributed by atoms with Crippen molar-refractivity contribution >= 4 is 29.1 Å². The number of nitrogens with one attached hydrogen (secondary N) is 1. The maximum atomic E-state index is 11.9. The van der Waals surface area contributed by atoms with Gasteiger partial charge in [-0.25, -0.2) is 4.79 Å². The molecule has 1 heterocycles. The first kappa shape index (κ1) is 19.9. The summed E-state index contributed by atoms with van der Waals surface area (Å²) in [5.74, 6) is 0. The van der Waals surface area contributed by atoms with Crippen LogP contribution in [0.1, 0.15) is 23.6 Å². The minimum Gasteiger partial charge on any atom is -0.453 e. The Balaban J connectivity index is 1.87. The van der Waals surface area contributed by atoms with Crippen LogP contribution in [0.2, 0.25) is 5.02 Å². The molecular weight excluding hydrogens is 382 g/mol. The molecule has 0 aliphatic carbocycles. The second-order valence-corrected chi connectivity index (χ2v) is 7.25. The zero-order chi connectivity index (χ0) is 20.3. The number of carbonyl (C=O) groups is 1. The van der Waals surface area contributed by atoms with E-state index < -0.39 is 6.09 Å². The fourth-order valence-corrected chi connectivity index (χ4v) is 3.75. The maximum Gasteiger partial charge on any atom is 0.409 e. The van der Waals surface area contributed by atoms with Crippen LogP contribution in [0, 0.1) is 10.1 Å². The van der Waals surface area contributed by atoms with E-state index in [0.717, 1.165) is 11.1 Å². The Kier molecular flexibility index (Phi) is 6.04. The number of benzene rings is 2. The van der Waals surface area contributed by atoms with Crippen molar-refractivity contribution in [2.24, 2.45) is 0 Å². The molecule has 1 amide bonds. The summed E-state index contributed by atoms with van der Waals surface area (Å²) in [6.07, 6.45) is 0.702. The number of hydrogen-bond acceptors (Lipinski definition) is 5. The van der Waals surface area contributed by atoms with Gasteiger partial charge in [0.1, 0.15) is 5.69 Å². The Morgan fingerprint density at radius 2 is 2.11 bits per heavy atom. The molecule has 3 rings (SSSR count). The van der Waals surface area contributed by atoms with Crippen LogP contribution in [0.3, 0.4) is 0 Å². The summed E-state index contributed by atoms with van der Waals surface area (Å²) in [5.41, 5.74) is 2.86. The molecule has 1 atom stereocenters. The fraction of sp³-hybridized carbons (Fsp3) is 0.350. The molecule has 7 nitrogen and oxygen atoms in total. The predicted molar refractivity (Wildman–Crippen MR) is 108 cm³/mol. The molecule has 2 aromatic carbocycles. The van der Waals surface area contributed by atoms with Crippen molar-refractivity contribution in [1.29, 1.82) is 0 Å². The number of nitro benzene ring substituents is 1. The highest BCUT2D eigenvalue weighted by atomic mass is 35.5. The maximum absolute atomic E-state index is 11.9. The number of ether oxygens (including phenoxy) is 1. The fourth-order valence-electron chi connectivity index (χ4n) is 3.53. The molecule has 0 radical (unpaired) electrons. The molecule has 2 aromatic rings. The summed E-state index contributed by atoms with van der Waals surface area (Å²) < 4.78 is 4.77. The second kappa shape index (κ2) is 8.48. The molecule has 1 aliphatic heterocycles. The van der Waals surface area contributed by atoms with Crippen molar-refractivity contribution in [2.45, 2.75) is 32.4 Å². The number of rotatable bonds is 5. The SMILES string of the molecule is COC(=O)N1CCc2ccc(NC(C)Cc3ccccc3Cl)c([N+](=O)[O-])c2C1. The van der Waals surface area contributed by atoms with Crippen molar-refractivity contribution in [3.05, 3.63) is 68.2 Å². The monoisotopic (exact) mass is 403 g/mol. The number of nitrogens with zero attached hydrogens (tertiary/aromatic N) is 2. The number of fused-ring (bicyclic) bond motifs is 1. The van der Waals surface area contributed by atoms with Crippen molar-refractivity contribution < 1.29 is 14.5 Å². The summed E-state index contributed by atoms with van der Waals surface area (Å²) in [5, 5.41) is 15.8. The number of hydrogen-bond donors (Lipinski definition) is 1. The standard InChI is InChI=1S/C20H22ClN3O4/c1-13(11-15-5-3-4-6-17(15)21)22-18-8-7-14-9-10-23(20(25)28-2)12-16(14)19(18)24(26)27/h3-8,13,22H,9-12H2,1-2H3. The van der Waals surface area contributed by atoms with Gasteiger partial charge in [0, 0.05) is 17.6 Å². The lowest BCUT2D eigenvalue weighted by atomic mass is 9.96. The molecule has 0 aromatic heterocycles. The van der Waals surface area contributed by atoms with Gasteiger partial charge in [-0.1, -0.05) is 35.9 Å². The number of amides is 1. The van der Waals surface area contributed by atoms with E-state index in [1.54, 1.807) is 6.07 Å². The molecule has 1 aliphatic rings. The summed E-state index contributed by atoms with van der Waals surface area (Å²) >= 11 is 6.22. The highest BCUT2D eigenvalue weighted by Gasteiger charge is 2.30. The van der Waals surface area contributed by atoms with Gasteiger partial charge >= 0.3 is 6.09 Å². The molecule has 0 saturated heterocycles. The molecule has 148 valence electrons. The largest absolute Gasteiger partial charge is 0.453 e. The van der Waals surface area contributed by atoms with Crippen molar-refractivity contribution in [1.82, 2.24) is 4.90 Å². The molecule has 0 spiro atoms. The Morgan fingerprint density at radius 1 is 1.36 bits per heavy atom. The van der Waals surface area contributed by atoms with E-state index in [2.05, 4.69) is 5.32 Å². The summed E-state index contributed by atoms with van der Waals surface area (Å²) in [6, 6.07) is 11.1. The number of carbonyl (C=O) groups excluding carboxylic acids is 1. The quantitative estimate of drug-likeness (QED) is 0.590. The third-order valence-electron chi connectivity index (χ3n) is 4.88. The number of nitro groups is 1. The first-order chi connectivity index (χ1) is 13.4. The van der Waals surface area contributed by atoms with Gasteiger partial charge in [-0.15, -0.1) is 0 Å². The Labute approximate surface area is 168 Å². The average molecular weight is 404 g/mol. The van der Waals surface area contributed by atoms with E-state index in [4.69, 9.17) is 16.3 Å². The van der Waals surface area contributed by atoms with E-state index in [-0.39, 0.29) is 23.2 Å². The molecular formula is C20H22ClN3O4. The molecule has 0 saturated carbocycles. The van der Waals surface area contributed by atoms with E-state index in [9.17, 15) is 14.9 Å². The van der Waals surface area contributed by atoms with Gasteiger partial charge < -0.3 is 15.0 Å². The smallest absolute Gasteiger partial charge is 0.409 e. The minimum atomic E-state index is -0.481. The van der Waals surface area contributed by atoms with E-state index in [0.29, 0.717) is 35.7 Å². The summed E-state index contributed by atoms with van der Waals surface area (Å²) in [4.78, 5) is 24.8. The van der Waals surface area contributed by atoms with Crippen molar-refractivity contribution in [2.75, 3.05) is 19.0 Å². The lowest BCUT2D eigenvalue weighted by Crippen LogP contribution is -2.36. The van der Waals surface area contributed by atoms with Crippen LogP contribution in [-0.2, 0) is 24.1 Å². The molecule has 1 unspecified atom stereocenters. The summed E-state index contributed by atoms with van der Waals surface area (Å²) in [7, 11) is 1.31. The Bertz CT molecular complexity index is 903. The van der Waals surface area contributed by atoms with E-state index in [1.807, 2.05) is 37.3 Å². The number of anilines is 1. The molecule has 0 fully saturated rings. The van der Waals surface area contributed by atoms with Crippen LogP contribution in [-0.4, -0.2) is 35.6 Å². The van der Waals surface area contributed by atoms with Gasteiger partial charge in [0.05, 0.1) is 24.1 Å². The zero-order valence-corrected chi connectivity index (χ0v) is 16.5. The molecule has 1 N–H and O–H groups in total. The summed E-state index contributed by atoms with van der Waals surface area (Å²) in [6.45, 7) is 2.59. The topological polar surface area (TPSA) is 84.7 Å². The third kappa shape index (κ3) is 4.20. The second-order valence-electron chi connectivity index (χ2n) is 6.84. The first-order valence-corrected chi connectivity index (χ1v) is 9.40. The zero-order valence-electron chi connectivity index (χ0n) is 15.8. The predicted octanol–water partition coefficient (Wildman–Crippen LogP) is 4.42. The lowest BCUT2D eigenvalue weighted by Gasteiger charge is -2.28. The van der Waals surface area contributed by atoms with Crippen LogP contribution < -0.4 is 5.32 Å². The van der Waals surface area contributed by atoms with Gasteiger partial charge in [-0.2, -0.15) is 0 Å². The molecule has 8 heteroatoms. The minimum absolute atomic E-state index is 0.0112. The molecule has 28 heavy (non-hydrogen) atoms. The Hall–Kier alpha value is -2.80. The van der Waals surface area contributed by atoms with Gasteiger partial charge in [0.25, 0.3) is 5.69 Å². The van der Waals surface area contributed by atoms with Gasteiger partial charge in [-0.05, 0) is 43.0 Å². The third-order valence-corrected chi connectivity index (χ3v) is 5.25. The van der Waals surface area contributed by atoms with Crippen molar-refractivity contribution in [3.63, 3.8) is 0 Å². The van der Waals surface area contributed by atoms with Crippen LogP contribution >= 0.6 is 11.6 Å². The van der Waals surface area contributed by atoms with Crippen molar-refractivity contribution in [3.8, 4) is 0 Å². The first-order valence-electron chi connectivity index (χ1n) is 9.02. The highest BCUT2D eigenvalue weighted by Crippen LogP contribution is 2.35. The van der Waals surface area contributed by atoms with Crippen LogP contribution in [0.5, 0.6) is 0 Å². The number of methoxy groups -OCH3 is 1. The Morgan fingerprint density at radius 3 is 2.79 bits per heavy atom. The normalized spacial score (nSPS) is 14.2. The van der Waals surface area contributed by atoms with E-state index >= 15 is 0 Å². The van der Waals surface area contributed by atoms with Gasteiger partial charge in [0.15, 0.2) is 0 Å². The van der Waals surface area contributed by atoms with Crippen LogP contribution in [0.25, 0.3) is 0 Å². The molecule has 0 bridgehead atoms. The highest BCUT2D eigenvalue weighted by molar-refractivity contribution is 6.31. The number of halogens is 1.